The van der Waals surface area contributed by atoms with E-state index in [1.807, 2.05) is 24.1 Å². The van der Waals surface area contributed by atoms with Gasteiger partial charge in [0.1, 0.15) is 5.65 Å². The van der Waals surface area contributed by atoms with Crippen LogP contribution in [-0.4, -0.2) is 71.1 Å². The number of pyridine rings is 1. The lowest BCUT2D eigenvalue weighted by molar-refractivity contribution is -0.139. The Morgan fingerprint density at radius 2 is 2.20 bits per heavy atom. The Morgan fingerprint density at radius 1 is 1.36 bits per heavy atom. The number of amides is 1. The van der Waals surface area contributed by atoms with Crippen LogP contribution in [0.4, 0.5) is 0 Å². The van der Waals surface area contributed by atoms with Crippen LogP contribution >= 0.6 is 0 Å². The zero-order valence-electron chi connectivity index (χ0n) is 14.8. The highest BCUT2D eigenvalue weighted by Gasteiger charge is 2.31. The Morgan fingerprint density at radius 3 is 3.00 bits per heavy atom. The Labute approximate surface area is 148 Å². The minimum Gasteiger partial charge on any atom is -0.379 e. The van der Waals surface area contributed by atoms with Crippen molar-refractivity contribution in [3.63, 3.8) is 0 Å². The van der Waals surface area contributed by atoms with Crippen molar-refractivity contribution >= 4 is 16.9 Å². The van der Waals surface area contributed by atoms with Crippen molar-refractivity contribution in [3.05, 3.63) is 30.1 Å². The lowest BCUT2D eigenvalue weighted by Crippen LogP contribution is -2.52. The first-order chi connectivity index (χ1) is 12.2. The Bertz CT molecular complexity index is 705. The van der Waals surface area contributed by atoms with E-state index in [4.69, 9.17) is 4.74 Å². The molecular weight excluding hydrogens is 316 g/mol. The molecule has 2 atom stereocenters. The molecule has 0 saturated carbocycles. The first-order valence-corrected chi connectivity index (χ1v) is 9.26. The number of likely N-dealkylation sites (tertiary alicyclic amines) is 1. The van der Waals surface area contributed by atoms with E-state index in [1.54, 1.807) is 0 Å². The van der Waals surface area contributed by atoms with E-state index >= 15 is 0 Å². The van der Waals surface area contributed by atoms with E-state index in [0.717, 1.165) is 63.3 Å². The van der Waals surface area contributed by atoms with Gasteiger partial charge in [0.25, 0.3) is 0 Å². The van der Waals surface area contributed by atoms with Gasteiger partial charge >= 0.3 is 0 Å². The number of morpholine rings is 1. The number of aromatic amines is 1. The van der Waals surface area contributed by atoms with Crippen LogP contribution in [0.3, 0.4) is 0 Å². The first kappa shape index (κ1) is 16.5. The van der Waals surface area contributed by atoms with Crippen LogP contribution in [0.15, 0.2) is 24.4 Å². The number of hydrogen-bond donors (Lipinski definition) is 1. The van der Waals surface area contributed by atoms with Crippen molar-refractivity contribution < 1.29 is 9.53 Å². The number of ether oxygens (including phenoxy) is 1. The molecule has 6 nitrogen and oxygen atoms in total. The summed E-state index contributed by atoms with van der Waals surface area (Å²) in [6, 6.07) is 6.16. The summed E-state index contributed by atoms with van der Waals surface area (Å²) in [5.74, 6) is 0.615. The highest BCUT2D eigenvalue weighted by Crippen LogP contribution is 2.29. The third kappa shape index (κ3) is 3.41. The second kappa shape index (κ2) is 7.14. The van der Waals surface area contributed by atoms with Gasteiger partial charge in [0.2, 0.25) is 5.91 Å². The van der Waals surface area contributed by atoms with Crippen LogP contribution in [-0.2, 0) is 9.53 Å². The maximum Gasteiger partial charge on any atom is 0.239 e. The van der Waals surface area contributed by atoms with Gasteiger partial charge in [-0.1, -0.05) is 0 Å². The second-order valence-corrected chi connectivity index (χ2v) is 7.11. The summed E-state index contributed by atoms with van der Waals surface area (Å²) in [5, 5.41) is 1.14. The molecule has 25 heavy (non-hydrogen) atoms. The van der Waals surface area contributed by atoms with E-state index in [9.17, 15) is 4.79 Å². The minimum atomic E-state index is -0.0629. The van der Waals surface area contributed by atoms with Crippen LogP contribution in [0.1, 0.15) is 31.4 Å². The monoisotopic (exact) mass is 342 g/mol. The molecule has 0 radical (unpaired) electrons. The van der Waals surface area contributed by atoms with E-state index in [2.05, 4.69) is 27.0 Å². The lowest BCUT2D eigenvalue weighted by Gasteiger charge is -2.38. The highest BCUT2D eigenvalue weighted by molar-refractivity contribution is 5.82. The van der Waals surface area contributed by atoms with Crippen molar-refractivity contribution in [1.29, 1.82) is 0 Å². The summed E-state index contributed by atoms with van der Waals surface area (Å²) in [4.78, 5) is 25.1. The summed E-state index contributed by atoms with van der Waals surface area (Å²) in [6.07, 6.45) is 3.97. The van der Waals surface area contributed by atoms with Gasteiger partial charge in [-0.05, 0) is 38.0 Å². The summed E-state index contributed by atoms with van der Waals surface area (Å²) >= 11 is 0. The molecule has 2 aromatic heterocycles. The Balaban J connectivity index is 1.45. The normalized spacial score (nSPS) is 23.7. The van der Waals surface area contributed by atoms with Gasteiger partial charge < -0.3 is 14.6 Å². The van der Waals surface area contributed by atoms with Gasteiger partial charge in [0.15, 0.2) is 0 Å². The number of carbonyl (C=O) groups is 1. The van der Waals surface area contributed by atoms with Gasteiger partial charge in [0, 0.05) is 49.4 Å². The fourth-order valence-corrected chi connectivity index (χ4v) is 4.02. The van der Waals surface area contributed by atoms with Crippen LogP contribution in [0.2, 0.25) is 0 Å². The van der Waals surface area contributed by atoms with Gasteiger partial charge in [-0.3, -0.25) is 9.69 Å². The largest absolute Gasteiger partial charge is 0.379 e. The quantitative estimate of drug-likeness (QED) is 0.927. The number of rotatable bonds is 3. The topological polar surface area (TPSA) is 61.5 Å². The van der Waals surface area contributed by atoms with E-state index in [-0.39, 0.29) is 11.9 Å². The predicted molar refractivity (Wildman–Crippen MR) is 96.5 cm³/mol. The minimum absolute atomic E-state index is 0.0629. The molecule has 0 aliphatic carbocycles. The fourth-order valence-electron chi connectivity index (χ4n) is 4.02. The number of fused-ring (bicyclic) bond motifs is 1. The molecule has 1 N–H and O–H groups in total. The summed E-state index contributed by atoms with van der Waals surface area (Å²) in [5.41, 5.74) is 2.13. The van der Waals surface area contributed by atoms with Gasteiger partial charge in [-0.2, -0.15) is 0 Å². The summed E-state index contributed by atoms with van der Waals surface area (Å²) in [6.45, 7) is 6.83. The molecule has 1 amide bonds. The van der Waals surface area contributed by atoms with E-state index < -0.39 is 0 Å². The van der Waals surface area contributed by atoms with Crippen LogP contribution in [0.25, 0.3) is 11.0 Å². The smallest absolute Gasteiger partial charge is 0.239 e. The van der Waals surface area contributed by atoms with Crippen molar-refractivity contribution in [3.8, 4) is 0 Å². The molecule has 2 aromatic rings. The number of nitrogens with one attached hydrogen (secondary N) is 1. The highest BCUT2D eigenvalue weighted by atomic mass is 16.5. The molecule has 0 unspecified atom stereocenters. The van der Waals surface area contributed by atoms with E-state index in [0.29, 0.717) is 5.92 Å². The molecule has 0 spiro atoms. The number of nitrogens with zero attached hydrogens (tertiary/aromatic N) is 3. The Kier molecular flexibility index (Phi) is 4.72. The number of H-pyrrole nitrogens is 1. The van der Waals surface area contributed by atoms with Crippen LogP contribution < -0.4 is 0 Å². The fraction of sp³-hybridized carbons (Fsp3) is 0.579. The van der Waals surface area contributed by atoms with Crippen LogP contribution in [0, 0.1) is 0 Å². The lowest BCUT2D eigenvalue weighted by atomic mass is 9.94. The number of carbonyl (C=O) groups excluding carboxylic acids is 1. The SMILES string of the molecule is C[C@H](C(=O)N1CCC[C@@H](c2cc3cccnc3[nH]2)C1)N1CCOCC1. The van der Waals surface area contributed by atoms with Gasteiger partial charge in [-0.15, -0.1) is 0 Å². The molecule has 2 saturated heterocycles. The molecule has 2 aliphatic heterocycles. The molecule has 0 bridgehead atoms. The van der Waals surface area contributed by atoms with Gasteiger partial charge in [-0.25, -0.2) is 4.98 Å². The van der Waals surface area contributed by atoms with Crippen LogP contribution in [0.5, 0.6) is 0 Å². The molecule has 0 aromatic carbocycles. The van der Waals surface area contributed by atoms with Crippen molar-refractivity contribution in [1.82, 2.24) is 19.8 Å². The standard InChI is InChI=1S/C19H26N4O2/c1-14(22-8-10-25-11-9-22)19(24)23-7-3-5-16(13-23)17-12-15-4-2-6-20-18(15)21-17/h2,4,6,12,14,16H,3,5,7-11,13H2,1H3,(H,20,21)/t14-,16-/m1/s1. The summed E-state index contributed by atoms with van der Waals surface area (Å²) < 4.78 is 5.40. The summed E-state index contributed by atoms with van der Waals surface area (Å²) in [7, 11) is 0. The molecule has 2 aliphatic rings. The molecule has 6 heteroatoms. The van der Waals surface area contributed by atoms with Crippen molar-refractivity contribution in [2.45, 2.75) is 31.7 Å². The molecule has 4 rings (SSSR count). The number of piperidine rings is 1. The molecule has 134 valence electrons. The van der Waals surface area contributed by atoms with E-state index in [1.165, 1.54) is 5.69 Å². The molecule has 4 heterocycles. The second-order valence-electron chi connectivity index (χ2n) is 7.11. The average molecular weight is 342 g/mol. The predicted octanol–water partition coefficient (Wildman–Crippen LogP) is 1.99. The Hall–Kier alpha value is -1.92. The third-order valence-corrected chi connectivity index (χ3v) is 5.54. The molecule has 2 fully saturated rings. The average Bonchev–Trinajstić information content (AvgIpc) is 3.12. The zero-order valence-corrected chi connectivity index (χ0v) is 14.8. The number of aromatic nitrogens is 2. The zero-order chi connectivity index (χ0) is 17.2. The third-order valence-electron chi connectivity index (χ3n) is 5.54. The maximum atomic E-state index is 13.0. The van der Waals surface area contributed by atoms with Crippen molar-refractivity contribution in [2.75, 3.05) is 39.4 Å². The molecular formula is C19H26N4O2. The number of hydrogen-bond acceptors (Lipinski definition) is 4. The maximum absolute atomic E-state index is 13.0. The van der Waals surface area contributed by atoms with Crippen molar-refractivity contribution in [2.24, 2.45) is 0 Å². The first-order valence-electron chi connectivity index (χ1n) is 9.26. The van der Waals surface area contributed by atoms with Gasteiger partial charge in [0.05, 0.1) is 19.3 Å².